The van der Waals surface area contributed by atoms with Crippen molar-refractivity contribution in [2.45, 2.75) is 18.9 Å². The van der Waals surface area contributed by atoms with Gasteiger partial charge in [0, 0.05) is 19.3 Å². The number of nitrogens with zero attached hydrogens (tertiary/aromatic N) is 3. The molecular formula is C20H20N4O3S. The largest absolute Gasteiger partial charge is 0.339 e. The number of thiophene rings is 1. The zero-order valence-electron chi connectivity index (χ0n) is 15.6. The summed E-state index contributed by atoms with van der Waals surface area (Å²) < 4.78 is 0. The van der Waals surface area contributed by atoms with E-state index >= 15 is 0 Å². The lowest BCUT2D eigenvalue weighted by atomic mass is 9.96. The third kappa shape index (κ3) is 3.89. The third-order valence-corrected chi connectivity index (χ3v) is 5.46. The molecule has 1 aromatic carbocycles. The van der Waals surface area contributed by atoms with Gasteiger partial charge >= 0.3 is 0 Å². The minimum atomic E-state index is -0.718. The first-order valence-electron chi connectivity index (χ1n) is 8.76. The Bertz CT molecular complexity index is 935. The van der Waals surface area contributed by atoms with Crippen LogP contribution in [-0.2, 0) is 14.4 Å². The molecule has 0 saturated carbocycles. The van der Waals surface area contributed by atoms with Crippen LogP contribution in [0.25, 0.3) is 11.1 Å². The fourth-order valence-electron chi connectivity index (χ4n) is 3.20. The third-order valence-electron chi connectivity index (χ3n) is 4.77. The van der Waals surface area contributed by atoms with Crippen LogP contribution < -0.4 is 5.32 Å². The summed E-state index contributed by atoms with van der Waals surface area (Å²) in [7, 11) is 1.49. The molecule has 0 spiro atoms. The Morgan fingerprint density at radius 1 is 1.39 bits per heavy atom. The van der Waals surface area contributed by atoms with Gasteiger partial charge in [-0.2, -0.15) is 16.6 Å². The Morgan fingerprint density at radius 2 is 2.18 bits per heavy atom. The Balaban J connectivity index is 1.89. The second-order valence-electron chi connectivity index (χ2n) is 6.73. The summed E-state index contributed by atoms with van der Waals surface area (Å²) >= 11 is 1.59. The SMILES string of the molecule is CC(C#N)N(CC1C(=O)Nc2ccc(-c3ccsc3)cc21)C(=O)CN(C)C=O. The van der Waals surface area contributed by atoms with Gasteiger partial charge in [-0.3, -0.25) is 14.4 Å². The van der Waals surface area contributed by atoms with Gasteiger partial charge < -0.3 is 15.1 Å². The molecule has 2 atom stereocenters. The van der Waals surface area contributed by atoms with Crippen LogP contribution in [0.2, 0.25) is 0 Å². The molecule has 0 aliphatic carbocycles. The van der Waals surface area contributed by atoms with Gasteiger partial charge in [-0.1, -0.05) is 6.07 Å². The van der Waals surface area contributed by atoms with E-state index in [4.69, 9.17) is 0 Å². The van der Waals surface area contributed by atoms with Crippen molar-refractivity contribution in [2.75, 3.05) is 25.5 Å². The van der Waals surface area contributed by atoms with E-state index in [1.807, 2.05) is 35.0 Å². The maximum Gasteiger partial charge on any atom is 0.243 e. The summed E-state index contributed by atoms with van der Waals surface area (Å²) in [5.41, 5.74) is 3.58. The van der Waals surface area contributed by atoms with Gasteiger partial charge in [-0.25, -0.2) is 0 Å². The molecule has 0 radical (unpaired) electrons. The molecule has 2 aromatic rings. The second-order valence-corrected chi connectivity index (χ2v) is 7.51. The first-order valence-corrected chi connectivity index (χ1v) is 9.71. The molecule has 144 valence electrons. The average Bonchev–Trinajstić information content (AvgIpc) is 3.32. The molecule has 2 heterocycles. The highest BCUT2D eigenvalue weighted by Gasteiger charge is 2.35. The Kier molecular flexibility index (Phi) is 5.76. The maximum absolute atomic E-state index is 12.6. The Morgan fingerprint density at radius 3 is 2.82 bits per heavy atom. The van der Waals surface area contributed by atoms with Crippen molar-refractivity contribution in [3.8, 4) is 17.2 Å². The molecule has 1 aliphatic heterocycles. The van der Waals surface area contributed by atoms with Crippen LogP contribution in [0.15, 0.2) is 35.0 Å². The zero-order valence-corrected chi connectivity index (χ0v) is 16.4. The number of rotatable bonds is 7. The molecule has 0 fully saturated rings. The number of nitriles is 1. The van der Waals surface area contributed by atoms with E-state index in [0.29, 0.717) is 6.41 Å². The maximum atomic E-state index is 12.6. The molecule has 0 bridgehead atoms. The minimum absolute atomic E-state index is 0.0756. The highest BCUT2D eigenvalue weighted by Crippen LogP contribution is 2.37. The highest BCUT2D eigenvalue weighted by atomic mass is 32.1. The van der Waals surface area contributed by atoms with Gasteiger partial charge in [0.15, 0.2) is 0 Å². The smallest absolute Gasteiger partial charge is 0.243 e. The van der Waals surface area contributed by atoms with E-state index < -0.39 is 12.0 Å². The first kappa shape index (κ1) is 19.6. The number of hydrogen-bond donors (Lipinski definition) is 1. The summed E-state index contributed by atoms with van der Waals surface area (Å²) in [6.45, 7) is 1.53. The topological polar surface area (TPSA) is 93.5 Å². The molecule has 3 amide bonds. The molecule has 28 heavy (non-hydrogen) atoms. The lowest BCUT2D eigenvalue weighted by molar-refractivity contribution is -0.136. The molecular weight excluding hydrogens is 376 g/mol. The van der Waals surface area contributed by atoms with E-state index in [9.17, 15) is 19.6 Å². The molecule has 1 N–H and O–H groups in total. The Labute approximate surface area is 167 Å². The van der Waals surface area contributed by atoms with Gasteiger partial charge in [0.2, 0.25) is 18.2 Å². The van der Waals surface area contributed by atoms with E-state index in [1.165, 1.54) is 16.8 Å². The lowest BCUT2D eigenvalue weighted by Gasteiger charge is -2.28. The molecule has 8 heteroatoms. The summed E-state index contributed by atoms with van der Waals surface area (Å²) in [5.74, 6) is -1.15. The fourth-order valence-corrected chi connectivity index (χ4v) is 3.86. The van der Waals surface area contributed by atoms with Crippen LogP contribution in [0.3, 0.4) is 0 Å². The normalized spacial score (nSPS) is 15.9. The van der Waals surface area contributed by atoms with E-state index in [-0.39, 0.29) is 24.9 Å². The predicted octanol–water partition coefficient (Wildman–Crippen LogP) is 2.28. The van der Waals surface area contributed by atoms with Crippen molar-refractivity contribution in [3.63, 3.8) is 0 Å². The van der Waals surface area contributed by atoms with Crippen molar-refractivity contribution in [1.29, 1.82) is 5.26 Å². The van der Waals surface area contributed by atoms with Gasteiger partial charge in [0.1, 0.15) is 6.04 Å². The number of benzene rings is 1. The van der Waals surface area contributed by atoms with Crippen molar-refractivity contribution in [1.82, 2.24) is 9.80 Å². The number of carbonyl (C=O) groups excluding carboxylic acids is 3. The van der Waals surface area contributed by atoms with Crippen molar-refractivity contribution in [2.24, 2.45) is 0 Å². The van der Waals surface area contributed by atoms with Crippen molar-refractivity contribution < 1.29 is 14.4 Å². The molecule has 3 rings (SSSR count). The van der Waals surface area contributed by atoms with Gasteiger partial charge in [-0.15, -0.1) is 0 Å². The van der Waals surface area contributed by atoms with Gasteiger partial charge in [-0.05, 0) is 52.6 Å². The molecule has 7 nitrogen and oxygen atoms in total. The van der Waals surface area contributed by atoms with Crippen LogP contribution in [0.1, 0.15) is 18.4 Å². The summed E-state index contributed by atoms with van der Waals surface area (Å²) in [6.07, 6.45) is 0.553. The van der Waals surface area contributed by atoms with E-state index in [0.717, 1.165) is 22.4 Å². The van der Waals surface area contributed by atoms with Crippen LogP contribution in [0, 0.1) is 11.3 Å². The second kappa shape index (κ2) is 8.23. The van der Waals surface area contributed by atoms with Gasteiger partial charge in [0.25, 0.3) is 0 Å². The average molecular weight is 396 g/mol. The molecule has 1 aliphatic rings. The van der Waals surface area contributed by atoms with Crippen molar-refractivity contribution >= 4 is 35.2 Å². The predicted molar refractivity (Wildman–Crippen MR) is 107 cm³/mol. The number of anilines is 1. The van der Waals surface area contributed by atoms with Crippen LogP contribution >= 0.6 is 11.3 Å². The fraction of sp³-hybridized carbons (Fsp3) is 0.300. The monoisotopic (exact) mass is 396 g/mol. The molecule has 0 saturated heterocycles. The Hall–Kier alpha value is -3.18. The van der Waals surface area contributed by atoms with E-state index in [2.05, 4.69) is 11.4 Å². The quantitative estimate of drug-likeness (QED) is 0.727. The molecule has 1 aromatic heterocycles. The molecule has 2 unspecified atom stereocenters. The number of carbonyl (C=O) groups is 3. The van der Waals surface area contributed by atoms with Crippen LogP contribution in [-0.4, -0.2) is 54.2 Å². The summed E-state index contributed by atoms with van der Waals surface area (Å²) in [5, 5.41) is 16.2. The van der Waals surface area contributed by atoms with Crippen LogP contribution in [0.5, 0.6) is 0 Å². The number of amides is 3. The number of fused-ring (bicyclic) bond motifs is 1. The highest BCUT2D eigenvalue weighted by molar-refractivity contribution is 7.08. The first-order chi connectivity index (χ1) is 13.4. The van der Waals surface area contributed by atoms with E-state index in [1.54, 1.807) is 18.3 Å². The summed E-state index contributed by atoms with van der Waals surface area (Å²) in [6, 6.07) is 9.11. The number of nitrogens with one attached hydrogen (secondary N) is 1. The van der Waals surface area contributed by atoms with Crippen LogP contribution in [0.4, 0.5) is 5.69 Å². The van der Waals surface area contributed by atoms with Crippen molar-refractivity contribution in [3.05, 3.63) is 40.6 Å². The van der Waals surface area contributed by atoms with Gasteiger partial charge in [0.05, 0.1) is 18.5 Å². The summed E-state index contributed by atoms with van der Waals surface area (Å²) in [4.78, 5) is 38.6. The minimum Gasteiger partial charge on any atom is -0.339 e. The number of hydrogen-bond acceptors (Lipinski definition) is 5. The zero-order chi connectivity index (χ0) is 20.3. The lowest BCUT2D eigenvalue weighted by Crippen LogP contribution is -2.45. The standard InChI is InChI=1S/C20H20N4O3S/c1-13(8-21)24(19(26)10-23(2)12-25)9-17-16-7-14(15-5-6-28-11-15)3-4-18(16)22-20(17)27/h3-7,11-13,17H,9-10H2,1-2H3,(H,22,27). The number of likely N-dealkylation sites (N-methyl/N-ethyl adjacent to an activating group) is 1.